The van der Waals surface area contributed by atoms with E-state index in [2.05, 4.69) is 24.3 Å². The minimum absolute atomic E-state index is 0. The van der Waals surface area contributed by atoms with Crippen molar-refractivity contribution in [2.24, 2.45) is 5.73 Å². The molecule has 0 saturated heterocycles. The van der Waals surface area contributed by atoms with Gasteiger partial charge in [-0.3, -0.25) is 4.79 Å². The molecule has 0 aliphatic carbocycles. The number of nitrogens with two attached hydrogens (primary N) is 1. The molecule has 0 spiro atoms. The Labute approximate surface area is 138 Å². The lowest BCUT2D eigenvalue weighted by atomic mass is 9.99. The Kier molecular flexibility index (Phi) is 7.09. The molecule has 118 valence electrons. The zero-order chi connectivity index (χ0) is 15.2. The predicted octanol–water partition coefficient (Wildman–Crippen LogP) is 3.47. The summed E-state index contributed by atoms with van der Waals surface area (Å²) in [4.78, 5) is 13.8. The summed E-state index contributed by atoms with van der Waals surface area (Å²) in [6.45, 7) is 2.44. The SMILES string of the molecule is CC(N)CC(=O)N(C)Cc1ccccc1-c1ccccc1.Cl. The third kappa shape index (κ3) is 4.86. The second-order valence-corrected chi connectivity index (χ2v) is 5.45. The van der Waals surface area contributed by atoms with Crippen LogP contribution in [0.4, 0.5) is 0 Å². The number of rotatable bonds is 5. The van der Waals surface area contributed by atoms with Gasteiger partial charge in [-0.25, -0.2) is 0 Å². The lowest BCUT2D eigenvalue weighted by Gasteiger charge is -2.20. The molecule has 0 bridgehead atoms. The van der Waals surface area contributed by atoms with Crippen molar-refractivity contribution in [1.29, 1.82) is 0 Å². The normalized spacial score (nSPS) is 11.4. The van der Waals surface area contributed by atoms with Crippen molar-refractivity contribution >= 4 is 18.3 Å². The first-order chi connectivity index (χ1) is 10.1. The fourth-order valence-corrected chi connectivity index (χ4v) is 2.33. The molecular formula is C18H23ClN2O. The average Bonchev–Trinajstić information content (AvgIpc) is 2.48. The summed E-state index contributed by atoms with van der Waals surface area (Å²) in [6, 6.07) is 18.3. The molecule has 0 aromatic heterocycles. The van der Waals surface area contributed by atoms with Crippen LogP contribution < -0.4 is 5.73 Å². The average molecular weight is 319 g/mol. The van der Waals surface area contributed by atoms with Gasteiger partial charge in [-0.1, -0.05) is 54.6 Å². The molecule has 2 N–H and O–H groups in total. The van der Waals surface area contributed by atoms with E-state index in [1.807, 2.05) is 44.3 Å². The third-order valence-corrected chi connectivity index (χ3v) is 3.43. The van der Waals surface area contributed by atoms with Crippen LogP contribution in [0.1, 0.15) is 18.9 Å². The van der Waals surface area contributed by atoms with Gasteiger partial charge in [0.25, 0.3) is 0 Å². The number of carbonyl (C=O) groups is 1. The van der Waals surface area contributed by atoms with Crippen LogP contribution in [0.25, 0.3) is 11.1 Å². The first-order valence-electron chi connectivity index (χ1n) is 7.21. The largest absolute Gasteiger partial charge is 0.341 e. The Morgan fingerprint density at radius 1 is 1.09 bits per heavy atom. The molecular weight excluding hydrogens is 296 g/mol. The van der Waals surface area contributed by atoms with Crippen molar-refractivity contribution in [2.75, 3.05) is 7.05 Å². The number of halogens is 1. The summed E-state index contributed by atoms with van der Waals surface area (Å²) < 4.78 is 0. The molecule has 3 nitrogen and oxygen atoms in total. The fraction of sp³-hybridized carbons (Fsp3) is 0.278. The molecule has 1 amide bonds. The van der Waals surface area contributed by atoms with E-state index in [0.29, 0.717) is 13.0 Å². The van der Waals surface area contributed by atoms with Gasteiger partial charge in [0, 0.05) is 26.1 Å². The van der Waals surface area contributed by atoms with Crippen LogP contribution in [-0.4, -0.2) is 23.9 Å². The Balaban J connectivity index is 0.00000242. The topological polar surface area (TPSA) is 46.3 Å². The summed E-state index contributed by atoms with van der Waals surface area (Å²) in [7, 11) is 1.83. The van der Waals surface area contributed by atoms with E-state index in [4.69, 9.17) is 5.73 Å². The van der Waals surface area contributed by atoms with Crippen LogP contribution in [0.2, 0.25) is 0 Å². The number of nitrogens with zero attached hydrogens (tertiary/aromatic N) is 1. The maximum absolute atomic E-state index is 12.1. The maximum atomic E-state index is 12.1. The Morgan fingerprint density at radius 3 is 2.32 bits per heavy atom. The first kappa shape index (κ1) is 18.2. The van der Waals surface area contributed by atoms with E-state index in [-0.39, 0.29) is 24.4 Å². The zero-order valence-corrected chi connectivity index (χ0v) is 13.8. The van der Waals surface area contributed by atoms with E-state index in [9.17, 15) is 4.79 Å². The van der Waals surface area contributed by atoms with Crippen LogP contribution in [0.5, 0.6) is 0 Å². The second-order valence-electron chi connectivity index (χ2n) is 5.45. The predicted molar refractivity (Wildman–Crippen MR) is 93.9 cm³/mol. The summed E-state index contributed by atoms with van der Waals surface area (Å²) >= 11 is 0. The van der Waals surface area contributed by atoms with E-state index in [0.717, 1.165) is 5.56 Å². The number of hydrogen-bond donors (Lipinski definition) is 1. The van der Waals surface area contributed by atoms with Crippen molar-refractivity contribution in [2.45, 2.75) is 25.9 Å². The van der Waals surface area contributed by atoms with Crippen molar-refractivity contribution in [3.05, 3.63) is 60.2 Å². The highest BCUT2D eigenvalue weighted by Gasteiger charge is 2.13. The molecule has 0 heterocycles. The van der Waals surface area contributed by atoms with Crippen LogP contribution >= 0.6 is 12.4 Å². The summed E-state index contributed by atoms with van der Waals surface area (Å²) in [5, 5.41) is 0. The van der Waals surface area contributed by atoms with Gasteiger partial charge >= 0.3 is 0 Å². The molecule has 0 aliphatic rings. The molecule has 22 heavy (non-hydrogen) atoms. The highest BCUT2D eigenvalue weighted by atomic mass is 35.5. The van der Waals surface area contributed by atoms with Crippen molar-refractivity contribution < 1.29 is 4.79 Å². The first-order valence-corrected chi connectivity index (χ1v) is 7.21. The maximum Gasteiger partial charge on any atom is 0.224 e. The van der Waals surface area contributed by atoms with Crippen LogP contribution in [0.3, 0.4) is 0 Å². The minimum Gasteiger partial charge on any atom is -0.341 e. The second kappa shape index (κ2) is 8.57. The molecule has 0 radical (unpaired) electrons. The Hall–Kier alpha value is -1.84. The van der Waals surface area contributed by atoms with Gasteiger partial charge in [0.1, 0.15) is 0 Å². The highest BCUT2D eigenvalue weighted by Crippen LogP contribution is 2.24. The smallest absolute Gasteiger partial charge is 0.224 e. The van der Waals surface area contributed by atoms with Gasteiger partial charge < -0.3 is 10.6 Å². The van der Waals surface area contributed by atoms with Crippen LogP contribution in [-0.2, 0) is 11.3 Å². The number of amides is 1. The molecule has 0 saturated carbocycles. The van der Waals surface area contributed by atoms with E-state index >= 15 is 0 Å². The number of benzene rings is 2. The lowest BCUT2D eigenvalue weighted by Crippen LogP contribution is -2.31. The molecule has 2 aromatic rings. The van der Waals surface area contributed by atoms with Gasteiger partial charge in [0.15, 0.2) is 0 Å². The number of hydrogen-bond acceptors (Lipinski definition) is 2. The van der Waals surface area contributed by atoms with Gasteiger partial charge in [0.2, 0.25) is 5.91 Å². The molecule has 0 fully saturated rings. The minimum atomic E-state index is -0.107. The fourth-order valence-electron chi connectivity index (χ4n) is 2.33. The number of carbonyl (C=O) groups excluding carboxylic acids is 1. The molecule has 1 unspecified atom stereocenters. The van der Waals surface area contributed by atoms with Crippen LogP contribution in [0, 0.1) is 0 Å². The summed E-state index contributed by atoms with van der Waals surface area (Å²) in [5.74, 6) is 0.0767. The Morgan fingerprint density at radius 2 is 1.68 bits per heavy atom. The monoisotopic (exact) mass is 318 g/mol. The van der Waals surface area contributed by atoms with E-state index in [1.165, 1.54) is 11.1 Å². The van der Waals surface area contributed by atoms with Crippen molar-refractivity contribution in [1.82, 2.24) is 4.90 Å². The van der Waals surface area contributed by atoms with Crippen molar-refractivity contribution in [3.63, 3.8) is 0 Å². The molecule has 2 rings (SSSR count). The van der Waals surface area contributed by atoms with Gasteiger partial charge in [-0.15, -0.1) is 12.4 Å². The molecule has 2 aromatic carbocycles. The van der Waals surface area contributed by atoms with E-state index in [1.54, 1.807) is 4.90 Å². The highest BCUT2D eigenvalue weighted by molar-refractivity contribution is 5.85. The lowest BCUT2D eigenvalue weighted by molar-refractivity contribution is -0.130. The molecule has 1 atom stereocenters. The summed E-state index contributed by atoms with van der Waals surface area (Å²) in [6.07, 6.45) is 0.379. The van der Waals surface area contributed by atoms with Crippen molar-refractivity contribution in [3.8, 4) is 11.1 Å². The third-order valence-electron chi connectivity index (χ3n) is 3.43. The van der Waals surface area contributed by atoms with Crippen LogP contribution in [0.15, 0.2) is 54.6 Å². The molecule has 0 aliphatic heterocycles. The van der Waals surface area contributed by atoms with E-state index < -0.39 is 0 Å². The Bertz CT molecular complexity index is 599. The van der Waals surface area contributed by atoms with Gasteiger partial charge in [-0.2, -0.15) is 0 Å². The summed E-state index contributed by atoms with van der Waals surface area (Å²) in [5.41, 5.74) is 9.17. The standard InChI is InChI=1S/C18H22N2O.ClH/c1-14(19)12-18(21)20(2)13-16-10-6-7-11-17(16)15-8-4-3-5-9-15;/h3-11,14H,12-13,19H2,1-2H3;1H. The molecule has 4 heteroatoms. The zero-order valence-electron chi connectivity index (χ0n) is 13.0. The van der Waals surface area contributed by atoms with Gasteiger partial charge in [-0.05, 0) is 23.6 Å². The van der Waals surface area contributed by atoms with Gasteiger partial charge in [0.05, 0.1) is 0 Å². The quantitative estimate of drug-likeness (QED) is 0.917.